The second-order valence-corrected chi connectivity index (χ2v) is 7.83. The van der Waals surface area contributed by atoms with Gasteiger partial charge >= 0.3 is 0 Å². The molecule has 5 heteroatoms. The highest BCUT2D eigenvalue weighted by Gasteiger charge is 2.20. The van der Waals surface area contributed by atoms with E-state index in [0.717, 1.165) is 55.4 Å². The van der Waals surface area contributed by atoms with Crippen molar-refractivity contribution in [2.24, 2.45) is 0 Å². The fourth-order valence-corrected chi connectivity index (χ4v) is 4.36. The highest BCUT2D eigenvalue weighted by atomic mass is 32.1. The molecule has 1 atom stereocenters. The number of piperazine rings is 1. The largest absolute Gasteiger partial charge is 0.389 e. The molecule has 3 heterocycles. The highest BCUT2D eigenvalue weighted by molar-refractivity contribution is 7.17. The number of aliphatic hydroxyl groups excluding tert-OH is 1. The summed E-state index contributed by atoms with van der Waals surface area (Å²) >= 11 is 1.77. The Balaban J connectivity index is 1.71. The molecule has 1 N–H and O–H groups in total. The molecule has 1 aliphatic rings. The molecule has 4 nitrogen and oxygen atoms in total. The Kier molecular flexibility index (Phi) is 4.94. The number of hydrogen-bond acceptors (Lipinski definition) is 5. The Morgan fingerprint density at radius 2 is 1.85 bits per heavy atom. The van der Waals surface area contributed by atoms with Crippen molar-refractivity contribution in [1.29, 1.82) is 0 Å². The lowest BCUT2D eigenvalue weighted by Crippen LogP contribution is -2.46. The minimum atomic E-state index is -0.442. The number of benzene rings is 1. The Bertz CT molecular complexity index is 880. The molecule has 0 amide bonds. The first-order valence-electron chi connectivity index (χ1n) is 9.29. The van der Waals surface area contributed by atoms with Crippen LogP contribution in [0.25, 0.3) is 21.3 Å². The number of anilines is 1. The summed E-state index contributed by atoms with van der Waals surface area (Å²) < 4.78 is 1.28. The van der Waals surface area contributed by atoms with Crippen molar-refractivity contribution >= 4 is 27.2 Å². The van der Waals surface area contributed by atoms with Crippen LogP contribution in [-0.4, -0.2) is 47.7 Å². The highest BCUT2D eigenvalue weighted by Crippen LogP contribution is 2.34. The van der Waals surface area contributed by atoms with Gasteiger partial charge in [0, 0.05) is 41.8 Å². The molecule has 26 heavy (non-hydrogen) atoms. The lowest BCUT2D eigenvalue weighted by molar-refractivity contribution is 0.199. The Hall–Kier alpha value is -1.95. The third kappa shape index (κ3) is 3.34. The molecule has 3 aromatic rings. The summed E-state index contributed by atoms with van der Waals surface area (Å²) in [6.45, 7) is 9.37. The molecule has 0 aliphatic carbocycles. The van der Waals surface area contributed by atoms with E-state index in [9.17, 15) is 5.11 Å². The molecule has 0 spiro atoms. The van der Waals surface area contributed by atoms with Crippen molar-refractivity contribution in [1.82, 2.24) is 9.88 Å². The number of rotatable bonds is 4. The van der Waals surface area contributed by atoms with E-state index in [2.05, 4.69) is 46.4 Å². The first-order valence-corrected chi connectivity index (χ1v) is 10.2. The van der Waals surface area contributed by atoms with Crippen LogP contribution >= 0.6 is 11.3 Å². The summed E-state index contributed by atoms with van der Waals surface area (Å²) in [4.78, 5) is 9.96. The standard InChI is InChI=1S/C21H25N3OS/c1-3-23-9-11-24(12-10-23)21-18-8-13-26-20(18)14-19(22-21)17-6-4-16(5-7-17)15(2)25/h4-8,13-15,25H,3,9-12H2,1-2H3. The molecule has 1 aromatic carbocycles. The molecule has 1 aliphatic heterocycles. The van der Waals surface area contributed by atoms with E-state index < -0.39 is 6.10 Å². The predicted molar refractivity (Wildman–Crippen MR) is 110 cm³/mol. The summed E-state index contributed by atoms with van der Waals surface area (Å²) in [7, 11) is 0. The van der Waals surface area contributed by atoms with Crippen molar-refractivity contribution in [3.05, 3.63) is 47.3 Å². The van der Waals surface area contributed by atoms with E-state index in [1.165, 1.54) is 10.1 Å². The first kappa shape index (κ1) is 17.5. The van der Waals surface area contributed by atoms with E-state index in [1.807, 2.05) is 12.1 Å². The van der Waals surface area contributed by atoms with E-state index in [4.69, 9.17) is 4.98 Å². The third-order valence-electron chi connectivity index (χ3n) is 5.24. The summed E-state index contributed by atoms with van der Waals surface area (Å²) in [6, 6.07) is 12.5. The molecule has 0 bridgehead atoms. The number of nitrogens with zero attached hydrogens (tertiary/aromatic N) is 3. The lowest BCUT2D eigenvalue weighted by Gasteiger charge is -2.35. The summed E-state index contributed by atoms with van der Waals surface area (Å²) in [5.41, 5.74) is 3.03. The van der Waals surface area contributed by atoms with Gasteiger partial charge in [-0.05, 0) is 36.5 Å². The fourth-order valence-electron chi connectivity index (χ4n) is 3.55. The van der Waals surface area contributed by atoms with Gasteiger partial charge in [-0.15, -0.1) is 11.3 Å². The number of fused-ring (bicyclic) bond motifs is 1. The van der Waals surface area contributed by atoms with E-state index >= 15 is 0 Å². The molecule has 136 valence electrons. The Morgan fingerprint density at radius 1 is 1.12 bits per heavy atom. The van der Waals surface area contributed by atoms with E-state index in [-0.39, 0.29) is 0 Å². The van der Waals surface area contributed by atoms with Gasteiger partial charge in [0.2, 0.25) is 0 Å². The molecular weight excluding hydrogens is 342 g/mol. The number of likely N-dealkylation sites (N-methyl/N-ethyl adjacent to an activating group) is 1. The van der Waals surface area contributed by atoms with Gasteiger partial charge in [-0.25, -0.2) is 4.98 Å². The molecule has 1 fully saturated rings. The van der Waals surface area contributed by atoms with Gasteiger partial charge in [0.25, 0.3) is 0 Å². The van der Waals surface area contributed by atoms with Crippen LogP contribution in [0.15, 0.2) is 41.8 Å². The van der Waals surface area contributed by atoms with Crippen LogP contribution in [0.1, 0.15) is 25.5 Å². The predicted octanol–water partition coefficient (Wildman–Crippen LogP) is 4.16. The van der Waals surface area contributed by atoms with E-state index in [1.54, 1.807) is 18.3 Å². The number of hydrogen-bond donors (Lipinski definition) is 1. The minimum Gasteiger partial charge on any atom is -0.389 e. The van der Waals surface area contributed by atoms with Crippen molar-refractivity contribution < 1.29 is 5.11 Å². The van der Waals surface area contributed by atoms with Gasteiger partial charge in [-0.3, -0.25) is 0 Å². The summed E-state index contributed by atoms with van der Waals surface area (Å²) in [6.07, 6.45) is -0.442. The second-order valence-electron chi connectivity index (χ2n) is 6.88. The van der Waals surface area contributed by atoms with Crippen LogP contribution < -0.4 is 4.90 Å². The monoisotopic (exact) mass is 367 g/mol. The van der Waals surface area contributed by atoms with Gasteiger partial charge in [-0.1, -0.05) is 31.2 Å². The molecular formula is C21H25N3OS. The maximum Gasteiger partial charge on any atom is 0.138 e. The van der Waals surface area contributed by atoms with Crippen molar-refractivity contribution in [3.8, 4) is 11.3 Å². The zero-order valence-corrected chi connectivity index (χ0v) is 16.2. The molecule has 2 aromatic heterocycles. The number of aromatic nitrogens is 1. The average molecular weight is 368 g/mol. The van der Waals surface area contributed by atoms with Crippen molar-refractivity contribution in [2.75, 3.05) is 37.6 Å². The van der Waals surface area contributed by atoms with E-state index in [0.29, 0.717) is 0 Å². The zero-order chi connectivity index (χ0) is 18.1. The van der Waals surface area contributed by atoms with Gasteiger partial charge in [0.15, 0.2) is 0 Å². The van der Waals surface area contributed by atoms with Gasteiger partial charge in [0.05, 0.1) is 11.8 Å². The lowest BCUT2D eigenvalue weighted by atomic mass is 10.1. The normalized spacial score (nSPS) is 17.0. The summed E-state index contributed by atoms with van der Waals surface area (Å²) in [5, 5.41) is 13.1. The van der Waals surface area contributed by atoms with Gasteiger partial charge in [-0.2, -0.15) is 0 Å². The van der Waals surface area contributed by atoms with Crippen LogP contribution in [0, 0.1) is 0 Å². The Morgan fingerprint density at radius 3 is 2.50 bits per heavy atom. The van der Waals surface area contributed by atoms with Crippen LogP contribution in [0.4, 0.5) is 5.82 Å². The molecule has 0 saturated carbocycles. The SMILES string of the molecule is CCN1CCN(c2nc(-c3ccc(C(C)O)cc3)cc3sccc23)CC1. The molecule has 0 radical (unpaired) electrons. The van der Waals surface area contributed by atoms with Crippen LogP contribution in [0.3, 0.4) is 0 Å². The topological polar surface area (TPSA) is 39.6 Å². The van der Waals surface area contributed by atoms with Crippen molar-refractivity contribution in [2.45, 2.75) is 20.0 Å². The van der Waals surface area contributed by atoms with Gasteiger partial charge < -0.3 is 14.9 Å². The van der Waals surface area contributed by atoms with Crippen LogP contribution in [0.2, 0.25) is 0 Å². The van der Waals surface area contributed by atoms with Crippen LogP contribution in [0.5, 0.6) is 0 Å². The third-order valence-corrected chi connectivity index (χ3v) is 6.10. The van der Waals surface area contributed by atoms with Gasteiger partial charge in [0.1, 0.15) is 5.82 Å². The number of thiophene rings is 1. The maximum absolute atomic E-state index is 9.73. The maximum atomic E-state index is 9.73. The second kappa shape index (κ2) is 7.35. The fraction of sp³-hybridized carbons (Fsp3) is 0.381. The minimum absolute atomic E-state index is 0.442. The number of aliphatic hydroxyl groups is 1. The smallest absolute Gasteiger partial charge is 0.138 e. The van der Waals surface area contributed by atoms with Crippen LogP contribution in [-0.2, 0) is 0 Å². The zero-order valence-electron chi connectivity index (χ0n) is 15.4. The van der Waals surface area contributed by atoms with Crippen molar-refractivity contribution in [3.63, 3.8) is 0 Å². The summed E-state index contributed by atoms with van der Waals surface area (Å²) in [5.74, 6) is 1.11. The Labute approximate surface area is 158 Å². The molecule has 1 unspecified atom stereocenters. The first-order chi connectivity index (χ1) is 12.7. The molecule has 1 saturated heterocycles. The average Bonchev–Trinajstić information content (AvgIpc) is 3.16. The molecule has 4 rings (SSSR count). The quantitative estimate of drug-likeness (QED) is 0.752. The number of pyridine rings is 1.